The SMILES string of the molecule is CCc1ccc(N2C(=O)[C@@H]3[C@H](c4ccccc4)C=C[C@@H](c4ccccc4)[C@]3(C)C2=O)cc1. The molecule has 160 valence electrons. The highest BCUT2D eigenvalue weighted by atomic mass is 16.2. The van der Waals surface area contributed by atoms with Crippen LogP contribution in [-0.2, 0) is 16.0 Å². The number of benzene rings is 3. The molecular weight excluding hydrogens is 394 g/mol. The fourth-order valence-electron chi connectivity index (χ4n) is 5.49. The van der Waals surface area contributed by atoms with Gasteiger partial charge in [-0.2, -0.15) is 0 Å². The molecule has 2 amide bonds. The summed E-state index contributed by atoms with van der Waals surface area (Å²) >= 11 is 0. The van der Waals surface area contributed by atoms with Gasteiger partial charge in [-0.15, -0.1) is 0 Å². The minimum absolute atomic E-state index is 0.110. The summed E-state index contributed by atoms with van der Waals surface area (Å²) in [4.78, 5) is 29.4. The number of aryl methyl sites for hydroxylation is 1. The van der Waals surface area contributed by atoms with Crippen molar-refractivity contribution in [3.05, 3.63) is 114 Å². The van der Waals surface area contributed by atoms with Gasteiger partial charge in [-0.1, -0.05) is 91.9 Å². The summed E-state index contributed by atoms with van der Waals surface area (Å²) in [6.07, 6.45) is 5.19. The van der Waals surface area contributed by atoms with E-state index in [2.05, 4.69) is 43.3 Å². The molecule has 3 aromatic carbocycles. The lowest BCUT2D eigenvalue weighted by Gasteiger charge is -2.41. The summed E-state index contributed by atoms with van der Waals surface area (Å²) in [5.74, 6) is -0.988. The third-order valence-corrected chi connectivity index (χ3v) is 7.26. The van der Waals surface area contributed by atoms with Crippen LogP contribution in [0, 0.1) is 11.3 Å². The van der Waals surface area contributed by atoms with Gasteiger partial charge < -0.3 is 0 Å². The monoisotopic (exact) mass is 421 g/mol. The molecule has 0 aromatic heterocycles. The molecular formula is C29H27NO2. The number of allylic oxidation sites excluding steroid dienone is 2. The Morgan fingerprint density at radius 2 is 1.38 bits per heavy atom. The Morgan fingerprint density at radius 3 is 1.97 bits per heavy atom. The van der Waals surface area contributed by atoms with Crippen LogP contribution in [0.2, 0.25) is 0 Å². The van der Waals surface area contributed by atoms with Gasteiger partial charge in [0.05, 0.1) is 17.0 Å². The number of rotatable bonds is 4. The Kier molecular flexibility index (Phi) is 5.05. The van der Waals surface area contributed by atoms with Crippen LogP contribution in [0.1, 0.15) is 42.4 Å². The van der Waals surface area contributed by atoms with Crippen molar-refractivity contribution >= 4 is 17.5 Å². The van der Waals surface area contributed by atoms with Crippen LogP contribution in [0.25, 0.3) is 0 Å². The van der Waals surface area contributed by atoms with Gasteiger partial charge >= 0.3 is 0 Å². The van der Waals surface area contributed by atoms with Gasteiger partial charge in [0.25, 0.3) is 0 Å². The predicted molar refractivity (Wildman–Crippen MR) is 127 cm³/mol. The van der Waals surface area contributed by atoms with Gasteiger partial charge in [0.15, 0.2) is 0 Å². The first-order valence-corrected chi connectivity index (χ1v) is 11.3. The summed E-state index contributed by atoms with van der Waals surface area (Å²) in [5.41, 5.74) is 3.11. The van der Waals surface area contributed by atoms with Crippen LogP contribution in [0.3, 0.4) is 0 Å². The van der Waals surface area contributed by atoms with E-state index >= 15 is 0 Å². The van der Waals surface area contributed by atoms with E-state index in [1.54, 1.807) is 0 Å². The molecule has 1 aliphatic carbocycles. The number of anilines is 1. The molecule has 0 unspecified atom stereocenters. The van der Waals surface area contributed by atoms with E-state index in [9.17, 15) is 9.59 Å². The van der Waals surface area contributed by atoms with Crippen molar-refractivity contribution in [2.24, 2.45) is 11.3 Å². The lowest BCUT2D eigenvalue weighted by molar-refractivity contribution is -0.127. The summed E-state index contributed by atoms with van der Waals surface area (Å²) in [5, 5.41) is 0. The fourth-order valence-corrected chi connectivity index (χ4v) is 5.49. The summed E-state index contributed by atoms with van der Waals surface area (Å²) in [6, 6.07) is 27.9. The molecule has 0 N–H and O–H groups in total. The van der Waals surface area contributed by atoms with Crippen LogP contribution in [0.5, 0.6) is 0 Å². The molecule has 0 bridgehead atoms. The molecule has 32 heavy (non-hydrogen) atoms. The van der Waals surface area contributed by atoms with Gasteiger partial charge in [-0.25, -0.2) is 4.90 Å². The van der Waals surface area contributed by atoms with E-state index in [1.807, 2.05) is 67.6 Å². The standard InChI is InChI=1S/C29H27NO2/c1-3-20-14-16-23(17-15-20)30-27(31)26-24(21-10-6-4-7-11-21)18-19-25(29(26,2)28(30)32)22-12-8-5-9-13-22/h4-19,24-26H,3H2,1-2H3/t24-,25-,26-,29-/m0/s1. The van der Waals surface area contributed by atoms with Crippen LogP contribution in [0.15, 0.2) is 97.1 Å². The normalized spacial score (nSPS) is 26.9. The van der Waals surface area contributed by atoms with Crippen molar-refractivity contribution in [2.45, 2.75) is 32.1 Å². The predicted octanol–water partition coefficient (Wildman–Crippen LogP) is 5.88. The van der Waals surface area contributed by atoms with Crippen molar-refractivity contribution in [1.82, 2.24) is 0 Å². The van der Waals surface area contributed by atoms with E-state index in [-0.39, 0.29) is 23.7 Å². The number of carbonyl (C=O) groups excluding carboxylic acids is 2. The largest absolute Gasteiger partial charge is 0.274 e. The molecule has 1 heterocycles. The van der Waals surface area contributed by atoms with E-state index in [0.29, 0.717) is 5.69 Å². The van der Waals surface area contributed by atoms with Gasteiger partial charge in [0.2, 0.25) is 11.8 Å². The number of amides is 2. The topological polar surface area (TPSA) is 37.4 Å². The van der Waals surface area contributed by atoms with Crippen molar-refractivity contribution in [3.8, 4) is 0 Å². The Hall–Kier alpha value is -3.46. The average molecular weight is 422 g/mol. The minimum atomic E-state index is -0.864. The second-order valence-corrected chi connectivity index (χ2v) is 8.97. The Bertz CT molecular complexity index is 1170. The fraction of sp³-hybridized carbons (Fsp3) is 0.241. The number of hydrogen-bond donors (Lipinski definition) is 0. The molecule has 1 fully saturated rings. The quantitative estimate of drug-likeness (QED) is 0.390. The molecule has 0 radical (unpaired) electrons. The van der Waals surface area contributed by atoms with E-state index in [1.165, 1.54) is 10.5 Å². The Balaban J connectivity index is 1.66. The molecule has 0 saturated carbocycles. The van der Waals surface area contributed by atoms with Gasteiger partial charge in [0, 0.05) is 11.8 Å². The highest BCUT2D eigenvalue weighted by Crippen LogP contribution is 2.57. The van der Waals surface area contributed by atoms with Crippen molar-refractivity contribution in [1.29, 1.82) is 0 Å². The molecule has 5 rings (SSSR count). The molecule has 2 aliphatic rings. The van der Waals surface area contributed by atoms with Crippen molar-refractivity contribution < 1.29 is 9.59 Å². The first-order chi connectivity index (χ1) is 15.6. The molecule has 3 aromatic rings. The lowest BCUT2D eigenvalue weighted by Crippen LogP contribution is -2.42. The third-order valence-electron chi connectivity index (χ3n) is 7.26. The summed E-state index contributed by atoms with van der Waals surface area (Å²) in [6.45, 7) is 4.08. The van der Waals surface area contributed by atoms with Crippen LogP contribution in [0.4, 0.5) is 5.69 Å². The first kappa shape index (κ1) is 20.4. The number of nitrogens with zero attached hydrogens (tertiary/aromatic N) is 1. The second kappa shape index (κ2) is 7.90. The maximum absolute atomic E-state index is 14.1. The maximum Gasteiger partial charge on any atom is 0.241 e. The van der Waals surface area contributed by atoms with Crippen molar-refractivity contribution in [2.75, 3.05) is 4.90 Å². The number of hydrogen-bond acceptors (Lipinski definition) is 2. The second-order valence-electron chi connectivity index (χ2n) is 8.97. The van der Waals surface area contributed by atoms with Crippen molar-refractivity contribution in [3.63, 3.8) is 0 Å². The number of imide groups is 1. The third kappa shape index (κ3) is 3.03. The molecule has 1 aliphatic heterocycles. The Labute approximate surface area is 189 Å². The van der Waals surface area contributed by atoms with Gasteiger partial charge in [-0.05, 0) is 42.2 Å². The molecule has 3 nitrogen and oxygen atoms in total. The van der Waals surface area contributed by atoms with Gasteiger partial charge in [0.1, 0.15) is 0 Å². The van der Waals surface area contributed by atoms with Crippen LogP contribution >= 0.6 is 0 Å². The van der Waals surface area contributed by atoms with E-state index in [4.69, 9.17) is 0 Å². The molecule has 1 saturated heterocycles. The highest BCUT2D eigenvalue weighted by molar-refractivity contribution is 6.24. The molecule has 0 spiro atoms. The van der Waals surface area contributed by atoms with E-state index < -0.39 is 11.3 Å². The molecule has 4 atom stereocenters. The van der Waals surface area contributed by atoms with Crippen LogP contribution < -0.4 is 4.90 Å². The first-order valence-electron chi connectivity index (χ1n) is 11.3. The van der Waals surface area contributed by atoms with E-state index in [0.717, 1.165) is 17.5 Å². The minimum Gasteiger partial charge on any atom is -0.274 e. The maximum atomic E-state index is 14.1. The highest BCUT2D eigenvalue weighted by Gasteiger charge is 2.63. The zero-order valence-corrected chi connectivity index (χ0v) is 18.4. The van der Waals surface area contributed by atoms with Gasteiger partial charge in [-0.3, -0.25) is 9.59 Å². The summed E-state index contributed by atoms with van der Waals surface area (Å²) in [7, 11) is 0. The number of carbonyl (C=O) groups is 2. The number of fused-ring (bicyclic) bond motifs is 1. The Morgan fingerprint density at radius 1 is 0.781 bits per heavy atom. The smallest absolute Gasteiger partial charge is 0.241 e. The summed E-state index contributed by atoms with van der Waals surface area (Å²) < 4.78 is 0. The zero-order valence-electron chi connectivity index (χ0n) is 18.4. The lowest BCUT2D eigenvalue weighted by atomic mass is 9.58. The molecule has 3 heteroatoms. The zero-order chi connectivity index (χ0) is 22.3. The average Bonchev–Trinajstić information content (AvgIpc) is 3.05. The van der Waals surface area contributed by atoms with Crippen LogP contribution in [-0.4, -0.2) is 11.8 Å².